The number of halogens is 3. The Morgan fingerprint density at radius 3 is 2.12 bits per heavy atom. The van der Waals surface area contributed by atoms with Gasteiger partial charge in [0.15, 0.2) is 12.1 Å². The van der Waals surface area contributed by atoms with Gasteiger partial charge in [-0.3, -0.25) is 4.79 Å². The van der Waals surface area contributed by atoms with E-state index in [4.69, 9.17) is 0 Å². The van der Waals surface area contributed by atoms with Gasteiger partial charge in [-0.25, -0.2) is 13.2 Å². The Morgan fingerprint density at radius 2 is 2.00 bits per heavy atom. The SMILES string of the molecule is O=CC(F)=CC(F)F. The van der Waals surface area contributed by atoms with E-state index < -0.39 is 12.3 Å². The van der Waals surface area contributed by atoms with Crippen molar-refractivity contribution in [1.82, 2.24) is 0 Å². The van der Waals surface area contributed by atoms with Gasteiger partial charge in [-0.05, 0) is 0 Å². The number of allylic oxidation sites excluding steroid dienone is 2. The van der Waals surface area contributed by atoms with Crippen LogP contribution in [0.5, 0.6) is 0 Å². The van der Waals surface area contributed by atoms with Crippen LogP contribution in [0.15, 0.2) is 11.9 Å². The van der Waals surface area contributed by atoms with Crippen molar-refractivity contribution in [3.8, 4) is 0 Å². The van der Waals surface area contributed by atoms with Crippen molar-refractivity contribution >= 4 is 6.29 Å². The first kappa shape index (κ1) is 7.20. The molecule has 0 aromatic rings. The van der Waals surface area contributed by atoms with Crippen LogP contribution in [0, 0.1) is 0 Å². The van der Waals surface area contributed by atoms with Crippen LogP contribution in [0.2, 0.25) is 0 Å². The van der Waals surface area contributed by atoms with E-state index >= 15 is 0 Å². The van der Waals surface area contributed by atoms with Gasteiger partial charge in [-0.15, -0.1) is 0 Å². The van der Waals surface area contributed by atoms with Gasteiger partial charge in [0.1, 0.15) is 0 Å². The summed E-state index contributed by atoms with van der Waals surface area (Å²) in [5, 5.41) is 0. The molecule has 0 fully saturated rings. The normalized spacial score (nSPS) is 12.2. The number of carbonyl (C=O) groups is 1. The van der Waals surface area contributed by atoms with Crippen LogP contribution in [0.25, 0.3) is 0 Å². The van der Waals surface area contributed by atoms with Gasteiger partial charge in [0.25, 0.3) is 6.43 Å². The Hall–Kier alpha value is -0.800. The summed E-state index contributed by atoms with van der Waals surface area (Å²) < 4.78 is 33.4. The molecule has 0 aliphatic rings. The van der Waals surface area contributed by atoms with Crippen LogP contribution in [-0.4, -0.2) is 12.7 Å². The Labute approximate surface area is 43.8 Å². The molecule has 0 saturated heterocycles. The maximum absolute atomic E-state index is 11.4. The van der Waals surface area contributed by atoms with Gasteiger partial charge in [0.2, 0.25) is 0 Å². The summed E-state index contributed by atoms with van der Waals surface area (Å²) in [4.78, 5) is 9.26. The Balaban J connectivity index is 3.74. The molecule has 0 amide bonds. The second kappa shape index (κ2) is 3.23. The zero-order valence-corrected chi connectivity index (χ0v) is 3.77. The van der Waals surface area contributed by atoms with E-state index in [-0.39, 0.29) is 12.4 Å². The van der Waals surface area contributed by atoms with E-state index in [0.29, 0.717) is 0 Å². The highest BCUT2D eigenvalue weighted by Crippen LogP contribution is 1.99. The minimum Gasteiger partial charge on any atom is -0.295 e. The largest absolute Gasteiger partial charge is 0.295 e. The minimum atomic E-state index is -2.89. The summed E-state index contributed by atoms with van der Waals surface area (Å²) >= 11 is 0. The summed E-state index contributed by atoms with van der Waals surface area (Å²) in [6, 6.07) is 0. The number of carbonyl (C=O) groups excluding carboxylic acids is 1. The fourth-order valence-electron chi connectivity index (χ4n) is 0.160. The molecule has 0 aliphatic carbocycles. The van der Waals surface area contributed by atoms with Gasteiger partial charge in [0.05, 0.1) is 0 Å². The van der Waals surface area contributed by atoms with Crippen LogP contribution in [-0.2, 0) is 4.79 Å². The monoisotopic (exact) mass is 124 g/mol. The standard InChI is InChI=1S/C4H3F3O/c5-3(2-8)1-4(6)7/h1-2,4H. The zero-order valence-electron chi connectivity index (χ0n) is 3.77. The van der Waals surface area contributed by atoms with Gasteiger partial charge in [-0.1, -0.05) is 0 Å². The fourth-order valence-corrected chi connectivity index (χ4v) is 0.160. The molecule has 46 valence electrons. The van der Waals surface area contributed by atoms with Crippen LogP contribution >= 0.6 is 0 Å². The first-order chi connectivity index (χ1) is 3.66. The fraction of sp³-hybridized carbons (Fsp3) is 0.250. The van der Waals surface area contributed by atoms with E-state index in [0.717, 1.165) is 0 Å². The average Bonchev–Trinajstić information content (AvgIpc) is 1.65. The van der Waals surface area contributed by atoms with E-state index in [1.54, 1.807) is 0 Å². The van der Waals surface area contributed by atoms with Crippen molar-refractivity contribution in [2.75, 3.05) is 0 Å². The van der Waals surface area contributed by atoms with Crippen LogP contribution in [0.3, 0.4) is 0 Å². The minimum absolute atomic E-state index is 0.0625. The predicted molar refractivity (Wildman–Crippen MR) is 21.3 cm³/mol. The van der Waals surface area contributed by atoms with Gasteiger partial charge >= 0.3 is 0 Å². The highest BCUT2D eigenvalue weighted by atomic mass is 19.3. The molecule has 0 aromatic heterocycles. The molecular formula is C4H3F3O. The molecular weight excluding hydrogens is 121 g/mol. The topological polar surface area (TPSA) is 17.1 Å². The number of hydrogen-bond acceptors (Lipinski definition) is 1. The maximum atomic E-state index is 11.4. The molecule has 0 aromatic carbocycles. The number of alkyl halides is 2. The number of rotatable bonds is 2. The van der Waals surface area contributed by atoms with Crippen molar-refractivity contribution in [2.45, 2.75) is 6.43 Å². The van der Waals surface area contributed by atoms with Crippen molar-refractivity contribution in [3.63, 3.8) is 0 Å². The lowest BCUT2D eigenvalue weighted by Crippen LogP contribution is -1.84. The lowest BCUT2D eigenvalue weighted by atomic mass is 10.5. The van der Waals surface area contributed by atoms with Gasteiger partial charge in [0, 0.05) is 6.08 Å². The van der Waals surface area contributed by atoms with Crippen molar-refractivity contribution < 1.29 is 18.0 Å². The Bertz CT molecular complexity index is 108. The molecule has 0 radical (unpaired) electrons. The summed E-state index contributed by atoms with van der Waals surface area (Å²) in [5.74, 6) is -1.43. The molecule has 1 nitrogen and oxygen atoms in total. The first-order valence-corrected chi connectivity index (χ1v) is 1.77. The third-order valence-corrected chi connectivity index (χ3v) is 0.398. The van der Waals surface area contributed by atoms with Crippen molar-refractivity contribution in [3.05, 3.63) is 11.9 Å². The van der Waals surface area contributed by atoms with Crippen molar-refractivity contribution in [1.29, 1.82) is 0 Å². The summed E-state index contributed by atoms with van der Waals surface area (Å²) in [5.41, 5.74) is 0. The lowest BCUT2D eigenvalue weighted by Gasteiger charge is -1.82. The highest BCUT2D eigenvalue weighted by molar-refractivity contribution is 5.69. The third kappa shape index (κ3) is 3.39. The highest BCUT2D eigenvalue weighted by Gasteiger charge is 1.98. The van der Waals surface area contributed by atoms with E-state index in [1.807, 2.05) is 0 Å². The summed E-state index contributed by atoms with van der Waals surface area (Å²) in [7, 11) is 0. The molecule has 0 bridgehead atoms. The Morgan fingerprint density at radius 1 is 1.50 bits per heavy atom. The van der Waals surface area contributed by atoms with Gasteiger partial charge in [-0.2, -0.15) is 0 Å². The molecule has 8 heavy (non-hydrogen) atoms. The quantitative estimate of drug-likeness (QED) is 0.400. The first-order valence-electron chi connectivity index (χ1n) is 1.77. The molecule has 4 heteroatoms. The second-order valence-electron chi connectivity index (χ2n) is 1.00. The zero-order chi connectivity index (χ0) is 6.57. The van der Waals surface area contributed by atoms with Crippen LogP contribution in [0.1, 0.15) is 0 Å². The van der Waals surface area contributed by atoms with Gasteiger partial charge < -0.3 is 0 Å². The van der Waals surface area contributed by atoms with Crippen LogP contribution in [0.4, 0.5) is 13.2 Å². The lowest BCUT2D eigenvalue weighted by molar-refractivity contribution is -0.106. The van der Waals surface area contributed by atoms with Crippen LogP contribution < -0.4 is 0 Å². The second-order valence-corrected chi connectivity index (χ2v) is 1.00. The Kier molecular flexibility index (Phi) is 2.91. The summed E-state index contributed by atoms with van der Waals surface area (Å²) in [6.45, 7) is 0. The maximum Gasteiger partial charge on any atom is 0.260 e. The molecule has 0 unspecified atom stereocenters. The number of hydrogen-bond donors (Lipinski definition) is 0. The molecule has 0 aliphatic heterocycles. The number of aldehydes is 1. The third-order valence-electron chi connectivity index (χ3n) is 0.398. The molecule has 0 atom stereocenters. The molecule has 0 heterocycles. The molecule has 0 rings (SSSR count). The van der Waals surface area contributed by atoms with E-state index in [9.17, 15) is 18.0 Å². The van der Waals surface area contributed by atoms with E-state index in [2.05, 4.69) is 0 Å². The van der Waals surface area contributed by atoms with Crippen molar-refractivity contribution in [2.24, 2.45) is 0 Å². The van der Waals surface area contributed by atoms with E-state index in [1.165, 1.54) is 0 Å². The molecule has 0 N–H and O–H groups in total. The molecule has 0 saturated carbocycles. The predicted octanol–water partition coefficient (Wildman–Crippen LogP) is 1.30. The summed E-state index contributed by atoms with van der Waals surface area (Å²) in [6.07, 6.45) is -3.22. The average molecular weight is 124 g/mol. The smallest absolute Gasteiger partial charge is 0.260 e. The molecule has 0 spiro atoms.